The Labute approximate surface area is 121 Å². The van der Waals surface area contributed by atoms with Gasteiger partial charge in [0, 0.05) is 0 Å². The average molecular weight is 285 g/mol. The molecule has 2 aromatic carbocycles. The molecule has 5 N–H and O–H groups in total. The third-order valence-corrected chi connectivity index (χ3v) is 2.86. The van der Waals surface area contributed by atoms with E-state index in [9.17, 15) is 9.59 Å². The summed E-state index contributed by atoms with van der Waals surface area (Å²) < 4.78 is 0. The first kappa shape index (κ1) is 14.4. The van der Waals surface area contributed by atoms with Crippen molar-refractivity contribution in [3.63, 3.8) is 0 Å². The summed E-state index contributed by atoms with van der Waals surface area (Å²) in [4.78, 5) is 23.1. The Morgan fingerprint density at radius 2 is 1.71 bits per heavy atom. The quantitative estimate of drug-likeness (QED) is 0.651. The van der Waals surface area contributed by atoms with Gasteiger partial charge in [0.25, 0.3) is 0 Å². The molecule has 6 nitrogen and oxygen atoms in total. The van der Waals surface area contributed by atoms with Crippen LogP contribution in [0.2, 0.25) is 0 Å². The van der Waals surface area contributed by atoms with E-state index >= 15 is 0 Å². The van der Waals surface area contributed by atoms with Gasteiger partial charge in [-0.25, -0.2) is 9.59 Å². The number of anilines is 3. The molecule has 0 aromatic heterocycles. The molecule has 0 saturated heterocycles. The maximum atomic E-state index is 11.9. The number of carboxylic acid groups (broad SMARTS) is 1. The second kappa shape index (κ2) is 5.96. The van der Waals surface area contributed by atoms with Gasteiger partial charge in [0.2, 0.25) is 0 Å². The third kappa shape index (κ3) is 3.50. The molecule has 0 aliphatic carbocycles. The standard InChI is InChI=1S/C15H15N3O3/c1-9-6-7-12(10(8-9)14(19)20)17-15(21)18-13-5-3-2-4-11(13)16/h2-8H,16H2,1H3,(H,19,20)(H2,17,18,21). The number of amides is 2. The van der Waals surface area contributed by atoms with Gasteiger partial charge in [-0.1, -0.05) is 23.8 Å². The lowest BCUT2D eigenvalue weighted by molar-refractivity contribution is 0.0698. The van der Waals surface area contributed by atoms with Gasteiger partial charge in [0.15, 0.2) is 0 Å². The molecule has 0 fully saturated rings. The second-order valence-corrected chi connectivity index (χ2v) is 4.52. The molecular formula is C15H15N3O3. The molecule has 0 aliphatic heterocycles. The predicted molar refractivity (Wildman–Crippen MR) is 81.6 cm³/mol. The first-order valence-corrected chi connectivity index (χ1v) is 6.24. The van der Waals surface area contributed by atoms with Crippen molar-refractivity contribution in [3.05, 3.63) is 53.6 Å². The fourth-order valence-electron chi connectivity index (χ4n) is 1.83. The summed E-state index contributed by atoms with van der Waals surface area (Å²) in [5.41, 5.74) is 7.66. The van der Waals surface area contributed by atoms with Crippen LogP contribution in [0.4, 0.5) is 21.9 Å². The van der Waals surface area contributed by atoms with Gasteiger partial charge in [-0.15, -0.1) is 0 Å². The molecular weight excluding hydrogens is 270 g/mol. The van der Waals surface area contributed by atoms with E-state index in [1.54, 1.807) is 43.3 Å². The van der Waals surface area contributed by atoms with Crippen molar-refractivity contribution in [2.45, 2.75) is 6.92 Å². The average Bonchev–Trinajstić information content (AvgIpc) is 2.43. The maximum Gasteiger partial charge on any atom is 0.337 e. The molecule has 108 valence electrons. The van der Waals surface area contributed by atoms with Crippen LogP contribution >= 0.6 is 0 Å². The molecule has 0 aliphatic rings. The minimum Gasteiger partial charge on any atom is -0.478 e. The Morgan fingerprint density at radius 1 is 1.05 bits per heavy atom. The van der Waals surface area contributed by atoms with Crippen molar-refractivity contribution in [1.82, 2.24) is 0 Å². The monoisotopic (exact) mass is 285 g/mol. The third-order valence-electron chi connectivity index (χ3n) is 2.86. The van der Waals surface area contributed by atoms with Gasteiger partial charge in [0.1, 0.15) is 0 Å². The Balaban J connectivity index is 2.17. The number of urea groups is 1. The van der Waals surface area contributed by atoms with Crippen LogP contribution in [0, 0.1) is 6.92 Å². The number of nitrogen functional groups attached to an aromatic ring is 1. The summed E-state index contributed by atoms with van der Waals surface area (Å²) in [6, 6.07) is 11.0. The van der Waals surface area contributed by atoms with Crippen LogP contribution in [0.25, 0.3) is 0 Å². The Kier molecular flexibility index (Phi) is 4.08. The minimum atomic E-state index is -1.10. The highest BCUT2D eigenvalue weighted by atomic mass is 16.4. The molecule has 0 bridgehead atoms. The van der Waals surface area contributed by atoms with E-state index < -0.39 is 12.0 Å². The fraction of sp³-hybridized carbons (Fsp3) is 0.0667. The van der Waals surface area contributed by atoms with Crippen molar-refractivity contribution >= 4 is 29.1 Å². The topological polar surface area (TPSA) is 104 Å². The van der Waals surface area contributed by atoms with Crippen LogP contribution in [0.15, 0.2) is 42.5 Å². The lowest BCUT2D eigenvalue weighted by Crippen LogP contribution is -2.21. The van der Waals surface area contributed by atoms with Crippen molar-refractivity contribution in [2.24, 2.45) is 0 Å². The predicted octanol–water partition coefficient (Wildman–Crippen LogP) is 2.92. The molecule has 6 heteroatoms. The molecule has 0 radical (unpaired) electrons. The first-order valence-electron chi connectivity index (χ1n) is 6.24. The van der Waals surface area contributed by atoms with Crippen molar-refractivity contribution < 1.29 is 14.7 Å². The molecule has 21 heavy (non-hydrogen) atoms. The van der Waals surface area contributed by atoms with E-state index in [1.807, 2.05) is 0 Å². The number of para-hydroxylation sites is 2. The fourth-order valence-corrected chi connectivity index (χ4v) is 1.83. The molecule has 0 unspecified atom stereocenters. The van der Waals surface area contributed by atoms with Crippen LogP contribution in [-0.2, 0) is 0 Å². The molecule has 2 rings (SSSR count). The normalized spacial score (nSPS) is 9.95. The van der Waals surface area contributed by atoms with Gasteiger partial charge < -0.3 is 21.5 Å². The van der Waals surface area contributed by atoms with Gasteiger partial charge in [-0.05, 0) is 31.2 Å². The van der Waals surface area contributed by atoms with E-state index in [4.69, 9.17) is 10.8 Å². The molecule has 0 spiro atoms. The zero-order valence-corrected chi connectivity index (χ0v) is 11.4. The van der Waals surface area contributed by atoms with Crippen LogP contribution < -0.4 is 16.4 Å². The van der Waals surface area contributed by atoms with Gasteiger partial charge in [-0.2, -0.15) is 0 Å². The molecule has 2 aromatic rings. The van der Waals surface area contributed by atoms with Gasteiger partial charge in [0.05, 0.1) is 22.6 Å². The SMILES string of the molecule is Cc1ccc(NC(=O)Nc2ccccc2N)c(C(=O)O)c1. The number of benzene rings is 2. The molecule has 0 atom stereocenters. The highest BCUT2D eigenvalue weighted by Gasteiger charge is 2.13. The number of rotatable bonds is 3. The van der Waals surface area contributed by atoms with E-state index in [2.05, 4.69) is 10.6 Å². The number of nitrogens with one attached hydrogen (secondary N) is 2. The lowest BCUT2D eigenvalue weighted by Gasteiger charge is -2.11. The van der Waals surface area contributed by atoms with E-state index in [0.29, 0.717) is 11.4 Å². The molecule has 2 amide bonds. The number of aryl methyl sites for hydroxylation is 1. The first-order chi connectivity index (χ1) is 9.97. The smallest absolute Gasteiger partial charge is 0.337 e. The number of nitrogens with two attached hydrogens (primary N) is 1. The van der Waals surface area contributed by atoms with Crippen LogP contribution in [0.3, 0.4) is 0 Å². The van der Waals surface area contributed by atoms with Crippen LogP contribution in [-0.4, -0.2) is 17.1 Å². The lowest BCUT2D eigenvalue weighted by atomic mass is 10.1. The summed E-state index contributed by atoms with van der Waals surface area (Å²) in [6.45, 7) is 1.78. The summed E-state index contributed by atoms with van der Waals surface area (Å²) in [7, 11) is 0. The molecule has 0 saturated carbocycles. The summed E-state index contributed by atoms with van der Waals surface area (Å²) in [5, 5.41) is 14.2. The van der Waals surface area contributed by atoms with Gasteiger partial charge in [-0.3, -0.25) is 0 Å². The highest BCUT2D eigenvalue weighted by molar-refractivity contribution is 6.05. The van der Waals surface area contributed by atoms with Crippen LogP contribution in [0.1, 0.15) is 15.9 Å². The number of aromatic carboxylic acids is 1. The van der Waals surface area contributed by atoms with Crippen molar-refractivity contribution in [3.8, 4) is 0 Å². The Bertz CT molecular complexity index is 698. The summed E-state index contributed by atoms with van der Waals surface area (Å²) >= 11 is 0. The van der Waals surface area contributed by atoms with Crippen molar-refractivity contribution in [1.29, 1.82) is 0 Å². The zero-order valence-electron chi connectivity index (χ0n) is 11.4. The van der Waals surface area contributed by atoms with Gasteiger partial charge >= 0.3 is 12.0 Å². The Hall–Kier alpha value is -3.02. The number of hydrogen-bond acceptors (Lipinski definition) is 3. The minimum absolute atomic E-state index is 0.0335. The van der Waals surface area contributed by atoms with Crippen molar-refractivity contribution in [2.75, 3.05) is 16.4 Å². The number of hydrogen-bond donors (Lipinski definition) is 4. The number of carboxylic acids is 1. The largest absolute Gasteiger partial charge is 0.478 e. The van der Waals surface area contributed by atoms with Crippen LogP contribution in [0.5, 0.6) is 0 Å². The summed E-state index contributed by atoms with van der Waals surface area (Å²) in [5.74, 6) is -1.10. The maximum absolute atomic E-state index is 11.9. The number of carbonyl (C=O) groups is 2. The van der Waals surface area contributed by atoms with E-state index in [1.165, 1.54) is 6.07 Å². The highest BCUT2D eigenvalue weighted by Crippen LogP contribution is 2.20. The number of carbonyl (C=O) groups excluding carboxylic acids is 1. The Morgan fingerprint density at radius 3 is 2.38 bits per heavy atom. The molecule has 0 heterocycles. The summed E-state index contributed by atoms with van der Waals surface area (Å²) in [6.07, 6.45) is 0. The van der Waals surface area contributed by atoms with E-state index in [-0.39, 0.29) is 11.3 Å². The zero-order chi connectivity index (χ0) is 15.4. The van der Waals surface area contributed by atoms with E-state index in [0.717, 1.165) is 5.56 Å². The second-order valence-electron chi connectivity index (χ2n) is 4.52.